The predicted molar refractivity (Wildman–Crippen MR) is 170 cm³/mol. The number of rotatable bonds is 6. The summed E-state index contributed by atoms with van der Waals surface area (Å²) in [6.45, 7) is 4.84. The van der Waals surface area contributed by atoms with Crippen molar-refractivity contribution in [2.45, 2.75) is 25.7 Å². The molecule has 2 amide bonds. The van der Waals surface area contributed by atoms with Gasteiger partial charge in [0.1, 0.15) is 5.75 Å². The molecule has 0 aromatic heterocycles. The van der Waals surface area contributed by atoms with Crippen LogP contribution in [0.1, 0.15) is 19.4 Å². The van der Waals surface area contributed by atoms with Crippen molar-refractivity contribution in [3.8, 4) is 5.75 Å². The van der Waals surface area contributed by atoms with Crippen LogP contribution in [0.2, 0.25) is 0 Å². The normalized spacial score (nSPS) is 10.1. The number of amides is 2. The average molecular weight is 593 g/mol. The minimum atomic E-state index is -3.52. The van der Waals surface area contributed by atoms with Crippen LogP contribution in [0.4, 0.5) is 34.1 Å². The van der Waals surface area contributed by atoms with Crippen LogP contribution < -0.4 is 37.3 Å². The Hall–Kier alpha value is -5.23. The number of nitrogens with one attached hydrogen (secondary N) is 3. The molecule has 0 bridgehead atoms. The molecule has 0 fully saturated rings. The summed E-state index contributed by atoms with van der Waals surface area (Å²) < 4.78 is 31.3. The Morgan fingerprint density at radius 2 is 1.19 bits per heavy atom. The first-order valence-corrected chi connectivity index (χ1v) is 14.1. The molecule has 0 aliphatic carbocycles. The van der Waals surface area contributed by atoms with E-state index in [2.05, 4.69) is 15.4 Å². The lowest BCUT2D eigenvalue weighted by atomic mass is 10.2. The highest BCUT2D eigenvalue weighted by Gasteiger charge is 2.12. The van der Waals surface area contributed by atoms with Crippen molar-refractivity contribution in [1.29, 1.82) is 0 Å². The van der Waals surface area contributed by atoms with Crippen LogP contribution in [0.15, 0.2) is 95.9 Å². The van der Waals surface area contributed by atoms with E-state index >= 15 is 0 Å². The van der Waals surface area contributed by atoms with Gasteiger partial charge in [0.05, 0.1) is 17.7 Å². The number of anilines is 6. The van der Waals surface area contributed by atoms with Crippen LogP contribution in [-0.2, 0) is 19.6 Å². The molecule has 0 aliphatic rings. The molecule has 4 aromatic carbocycles. The lowest BCUT2D eigenvalue weighted by Crippen LogP contribution is -2.12. The monoisotopic (exact) mass is 592 g/mol. The number of sulfonamides is 1. The molecule has 12 heteroatoms. The summed E-state index contributed by atoms with van der Waals surface area (Å²) in [6, 6.07) is 25.3. The third-order valence-corrected chi connectivity index (χ3v) is 6.76. The van der Waals surface area contributed by atoms with Crippen molar-refractivity contribution in [3.05, 3.63) is 96.6 Å². The molecule has 222 valence electrons. The Morgan fingerprint density at radius 1 is 0.690 bits per heavy atom. The van der Waals surface area contributed by atoms with Gasteiger partial charge in [-0.05, 0) is 79.2 Å². The van der Waals surface area contributed by atoms with Crippen molar-refractivity contribution >= 4 is 56.0 Å². The fraction of sp³-hybridized carbons (Fsp3) is 0.133. The van der Waals surface area contributed by atoms with Crippen LogP contribution in [0.25, 0.3) is 0 Å². The number of hydrogen-bond donors (Lipinski definition) is 6. The zero-order valence-electron chi connectivity index (χ0n) is 23.8. The Morgan fingerprint density at radius 3 is 1.67 bits per heavy atom. The van der Waals surface area contributed by atoms with E-state index in [-0.39, 0.29) is 16.7 Å². The highest BCUT2D eigenvalue weighted by atomic mass is 32.2. The van der Waals surface area contributed by atoms with Crippen LogP contribution in [0.3, 0.4) is 0 Å². The fourth-order valence-electron chi connectivity index (χ4n) is 3.30. The van der Waals surface area contributed by atoms with Gasteiger partial charge < -0.3 is 32.6 Å². The molecule has 11 nitrogen and oxygen atoms in total. The molecule has 42 heavy (non-hydrogen) atoms. The lowest BCUT2D eigenvalue weighted by molar-refractivity contribution is -0.115. The maximum atomic E-state index is 11.9. The van der Waals surface area contributed by atoms with E-state index in [1.54, 1.807) is 86.0 Å². The van der Waals surface area contributed by atoms with E-state index < -0.39 is 10.0 Å². The SMILES string of the molecule is CC(=O)Nc1ccc(C)c(N)c1.COc1ccc(NC(C)=O)cc1N.Nc1ccc(NS(=O)(=O)c2ccccc2)cc1. The van der Waals surface area contributed by atoms with Gasteiger partial charge >= 0.3 is 0 Å². The van der Waals surface area contributed by atoms with E-state index in [0.29, 0.717) is 34.2 Å². The number of benzene rings is 4. The standard InChI is InChI=1S/C12H12N2O2S.C9H12N2O2.C9H12N2O/c13-10-6-8-11(9-7-10)14-17(15,16)12-4-2-1-3-5-12;1-6(12)11-7-3-4-9(13-2)8(10)5-7;1-6-3-4-8(5-9(6)10)11-7(2)12/h1-9,14H,13H2;3-5H,10H2,1-2H3,(H,11,12);3-5H,10H2,1-2H3,(H,11,12). The first-order valence-electron chi connectivity index (χ1n) is 12.6. The van der Waals surface area contributed by atoms with E-state index in [4.69, 9.17) is 21.9 Å². The summed E-state index contributed by atoms with van der Waals surface area (Å²) in [4.78, 5) is 21.6. The number of hydrogen-bond acceptors (Lipinski definition) is 8. The van der Waals surface area contributed by atoms with E-state index in [9.17, 15) is 18.0 Å². The highest BCUT2D eigenvalue weighted by molar-refractivity contribution is 7.92. The molecule has 0 aliphatic heterocycles. The Balaban J connectivity index is 0.000000225. The second-order valence-corrected chi connectivity index (χ2v) is 10.6. The number of carbonyl (C=O) groups excluding carboxylic acids is 2. The lowest BCUT2D eigenvalue weighted by Gasteiger charge is -2.07. The third kappa shape index (κ3) is 11.1. The molecule has 0 atom stereocenters. The molecule has 4 rings (SSSR count). The number of aryl methyl sites for hydroxylation is 1. The van der Waals surface area contributed by atoms with Gasteiger partial charge in [0.25, 0.3) is 10.0 Å². The maximum Gasteiger partial charge on any atom is 0.261 e. The van der Waals surface area contributed by atoms with Crippen LogP contribution in [-0.4, -0.2) is 27.3 Å². The summed E-state index contributed by atoms with van der Waals surface area (Å²) in [7, 11) is -1.97. The minimum Gasteiger partial charge on any atom is -0.495 e. The van der Waals surface area contributed by atoms with Crippen molar-refractivity contribution in [2.75, 3.05) is 39.7 Å². The molecule has 4 aromatic rings. The first kappa shape index (κ1) is 33.0. The summed E-state index contributed by atoms with van der Waals surface area (Å²) >= 11 is 0. The topological polar surface area (TPSA) is 192 Å². The van der Waals surface area contributed by atoms with Crippen LogP contribution in [0, 0.1) is 6.92 Å². The summed E-state index contributed by atoms with van der Waals surface area (Å²) in [5, 5.41) is 5.28. The Kier molecular flexibility index (Phi) is 12.2. The average Bonchev–Trinajstić information content (AvgIpc) is 2.93. The molecule has 0 unspecified atom stereocenters. The molecule has 0 saturated heterocycles. The maximum absolute atomic E-state index is 11.9. The number of nitrogen functional groups attached to an aromatic ring is 3. The molecule has 0 heterocycles. The second-order valence-electron chi connectivity index (χ2n) is 8.93. The van der Waals surface area contributed by atoms with Crippen LogP contribution >= 0.6 is 0 Å². The van der Waals surface area contributed by atoms with E-state index in [1.165, 1.54) is 13.8 Å². The fourth-order valence-corrected chi connectivity index (χ4v) is 4.38. The quantitative estimate of drug-likeness (QED) is 0.171. The smallest absolute Gasteiger partial charge is 0.261 e. The predicted octanol–water partition coefficient (Wildman–Crippen LogP) is 4.84. The van der Waals surface area contributed by atoms with Crippen molar-refractivity contribution < 1.29 is 22.7 Å². The van der Waals surface area contributed by atoms with E-state index in [0.717, 1.165) is 11.3 Å². The summed E-state index contributed by atoms with van der Waals surface area (Å²) in [5.41, 5.74) is 21.5. The number of carbonyl (C=O) groups is 2. The Labute approximate surface area is 246 Å². The summed E-state index contributed by atoms with van der Waals surface area (Å²) in [6.07, 6.45) is 0. The molecule has 0 radical (unpaired) electrons. The van der Waals surface area contributed by atoms with Gasteiger partial charge in [-0.15, -0.1) is 0 Å². The van der Waals surface area contributed by atoms with Crippen LogP contribution in [0.5, 0.6) is 5.75 Å². The Bertz CT molecular complexity index is 1590. The number of ether oxygens (including phenoxy) is 1. The molecular weight excluding hydrogens is 556 g/mol. The van der Waals surface area contributed by atoms with Gasteiger partial charge in [-0.2, -0.15) is 0 Å². The summed E-state index contributed by atoms with van der Waals surface area (Å²) in [5.74, 6) is 0.400. The first-order chi connectivity index (χ1) is 19.8. The second kappa shape index (κ2) is 15.5. The molecule has 0 saturated carbocycles. The van der Waals surface area contributed by atoms with Crippen molar-refractivity contribution in [2.24, 2.45) is 0 Å². The minimum absolute atomic E-state index is 0.0850. The molecule has 0 spiro atoms. The number of nitrogens with two attached hydrogens (primary N) is 3. The van der Waals surface area contributed by atoms with Gasteiger partial charge in [0, 0.05) is 42.3 Å². The highest BCUT2D eigenvalue weighted by Crippen LogP contribution is 2.24. The number of methoxy groups -OCH3 is 1. The van der Waals surface area contributed by atoms with Gasteiger partial charge in [0.15, 0.2) is 0 Å². The van der Waals surface area contributed by atoms with Gasteiger partial charge in [-0.3, -0.25) is 14.3 Å². The van der Waals surface area contributed by atoms with Gasteiger partial charge in [0.2, 0.25) is 11.8 Å². The van der Waals surface area contributed by atoms with Gasteiger partial charge in [-0.25, -0.2) is 8.42 Å². The largest absolute Gasteiger partial charge is 0.495 e. The third-order valence-electron chi connectivity index (χ3n) is 5.37. The van der Waals surface area contributed by atoms with E-state index in [1.807, 2.05) is 19.1 Å². The molecular formula is C30H36N6O5S. The zero-order valence-corrected chi connectivity index (χ0v) is 24.7. The molecule has 9 N–H and O–H groups in total. The van der Waals surface area contributed by atoms with Crippen molar-refractivity contribution in [1.82, 2.24) is 0 Å². The van der Waals surface area contributed by atoms with Gasteiger partial charge in [-0.1, -0.05) is 24.3 Å². The van der Waals surface area contributed by atoms with Crippen molar-refractivity contribution in [3.63, 3.8) is 0 Å². The zero-order chi connectivity index (χ0) is 31.3.